The second-order valence-electron chi connectivity index (χ2n) is 8.67. The maximum atomic E-state index is 6.37. The fourth-order valence-corrected chi connectivity index (χ4v) is 5.02. The summed E-state index contributed by atoms with van der Waals surface area (Å²) in [5.74, 6) is 0. The van der Waals surface area contributed by atoms with Crippen molar-refractivity contribution in [2.45, 2.75) is 0 Å². The van der Waals surface area contributed by atoms with Crippen molar-refractivity contribution in [3.63, 3.8) is 0 Å². The minimum Gasteiger partial charge on any atom is -0.455 e. The lowest BCUT2D eigenvalue weighted by atomic mass is 9.97. The summed E-state index contributed by atoms with van der Waals surface area (Å²) in [4.78, 5) is 0. The first-order valence-corrected chi connectivity index (χ1v) is 11.5. The molecule has 0 saturated heterocycles. The molecule has 0 atom stereocenters. The van der Waals surface area contributed by atoms with Gasteiger partial charge in [0, 0.05) is 39.0 Å². The van der Waals surface area contributed by atoms with Gasteiger partial charge < -0.3 is 9.73 Å². The van der Waals surface area contributed by atoms with Crippen molar-refractivity contribution in [1.29, 1.82) is 0 Å². The molecular weight excluding hydrogens is 414 g/mol. The van der Waals surface area contributed by atoms with Gasteiger partial charge in [-0.15, -0.1) is 0 Å². The molecule has 2 heteroatoms. The highest BCUT2D eigenvalue weighted by Gasteiger charge is 2.12. The third kappa shape index (κ3) is 2.96. The minimum absolute atomic E-state index is 0.890. The summed E-state index contributed by atoms with van der Waals surface area (Å²) in [5.41, 5.74) is 6.39. The fraction of sp³-hybridized carbons (Fsp3) is 0. The number of nitrogens with one attached hydrogen (secondary N) is 1. The Bertz CT molecular complexity index is 1830. The van der Waals surface area contributed by atoms with Gasteiger partial charge in [0.2, 0.25) is 0 Å². The largest absolute Gasteiger partial charge is 0.455 e. The maximum Gasteiger partial charge on any atom is 0.143 e. The molecule has 0 spiro atoms. The molecule has 1 aromatic heterocycles. The molecular formula is C32H21NO. The summed E-state index contributed by atoms with van der Waals surface area (Å²) >= 11 is 0. The molecule has 0 radical (unpaired) electrons. The molecule has 6 aromatic carbocycles. The van der Waals surface area contributed by atoms with Gasteiger partial charge in [0.15, 0.2) is 0 Å². The quantitative estimate of drug-likeness (QED) is 0.299. The van der Waals surface area contributed by atoms with Crippen molar-refractivity contribution in [1.82, 2.24) is 0 Å². The standard InChI is InChI=1S/C32H21NO/c1-2-8-21(9-3-1)24-18-19-30(27-13-7-6-12-26(24)27)33-23-15-17-28-29-16-14-22-10-4-5-11-25(22)32(29)34-31(28)20-23/h1-20,33H. The molecule has 0 aliphatic carbocycles. The summed E-state index contributed by atoms with van der Waals surface area (Å²) < 4.78 is 6.37. The highest BCUT2D eigenvalue weighted by atomic mass is 16.3. The first kappa shape index (κ1) is 19.0. The van der Waals surface area contributed by atoms with Crippen LogP contribution in [0.25, 0.3) is 54.6 Å². The zero-order valence-corrected chi connectivity index (χ0v) is 18.5. The minimum atomic E-state index is 0.890. The third-order valence-corrected chi connectivity index (χ3v) is 6.65. The van der Waals surface area contributed by atoms with Crippen molar-refractivity contribution in [2.75, 3.05) is 5.32 Å². The second-order valence-corrected chi connectivity index (χ2v) is 8.67. The molecule has 1 N–H and O–H groups in total. The van der Waals surface area contributed by atoms with Gasteiger partial charge in [-0.05, 0) is 46.2 Å². The SMILES string of the molecule is c1ccc(-c2ccc(Nc3ccc4c(c3)oc3c5ccccc5ccc43)c3ccccc23)cc1. The molecule has 1 heterocycles. The Hall–Kier alpha value is -4.56. The molecule has 0 fully saturated rings. The lowest BCUT2D eigenvalue weighted by molar-refractivity contribution is 0.673. The molecule has 0 unspecified atom stereocenters. The average Bonchev–Trinajstić information content (AvgIpc) is 3.28. The van der Waals surface area contributed by atoms with Crippen LogP contribution < -0.4 is 5.32 Å². The summed E-state index contributed by atoms with van der Waals surface area (Å²) in [6, 6.07) is 42.6. The highest BCUT2D eigenvalue weighted by Crippen LogP contribution is 2.37. The third-order valence-electron chi connectivity index (χ3n) is 6.65. The summed E-state index contributed by atoms with van der Waals surface area (Å²) in [6.07, 6.45) is 0. The Kier molecular flexibility index (Phi) is 4.18. The molecule has 0 saturated carbocycles. The lowest BCUT2D eigenvalue weighted by Crippen LogP contribution is -1.92. The van der Waals surface area contributed by atoms with Gasteiger partial charge in [0.25, 0.3) is 0 Å². The van der Waals surface area contributed by atoms with Crippen LogP contribution in [0, 0.1) is 0 Å². The number of furan rings is 1. The molecule has 0 bridgehead atoms. The fourth-order valence-electron chi connectivity index (χ4n) is 5.02. The van der Waals surface area contributed by atoms with Crippen LogP contribution in [0.1, 0.15) is 0 Å². The van der Waals surface area contributed by atoms with Gasteiger partial charge >= 0.3 is 0 Å². The van der Waals surface area contributed by atoms with E-state index in [1.54, 1.807) is 0 Å². The molecule has 34 heavy (non-hydrogen) atoms. The van der Waals surface area contributed by atoms with Crippen molar-refractivity contribution < 1.29 is 4.42 Å². The van der Waals surface area contributed by atoms with Crippen molar-refractivity contribution >= 4 is 54.9 Å². The Labute approximate surface area is 197 Å². The van der Waals surface area contributed by atoms with Crippen LogP contribution in [0.15, 0.2) is 126 Å². The number of hydrogen-bond acceptors (Lipinski definition) is 2. The summed E-state index contributed by atoms with van der Waals surface area (Å²) in [5, 5.41) is 10.7. The van der Waals surface area contributed by atoms with Crippen molar-refractivity contribution in [2.24, 2.45) is 0 Å². The van der Waals surface area contributed by atoms with Crippen LogP contribution in [-0.2, 0) is 0 Å². The Morgan fingerprint density at radius 3 is 2.12 bits per heavy atom. The predicted octanol–water partition coefficient (Wildman–Crippen LogP) is 9.30. The van der Waals surface area contributed by atoms with E-state index in [0.29, 0.717) is 0 Å². The van der Waals surface area contributed by atoms with E-state index in [9.17, 15) is 0 Å². The topological polar surface area (TPSA) is 25.2 Å². The average molecular weight is 436 g/mol. The number of benzene rings is 6. The van der Waals surface area contributed by atoms with Gasteiger partial charge in [-0.1, -0.05) is 91.0 Å². The van der Waals surface area contributed by atoms with Crippen LogP contribution in [-0.4, -0.2) is 0 Å². The monoisotopic (exact) mass is 435 g/mol. The van der Waals surface area contributed by atoms with Crippen molar-refractivity contribution in [3.8, 4) is 11.1 Å². The second kappa shape index (κ2) is 7.50. The molecule has 7 aromatic rings. The maximum absolute atomic E-state index is 6.37. The Morgan fingerprint density at radius 2 is 1.24 bits per heavy atom. The van der Waals surface area contributed by atoms with Crippen LogP contribution in [0.5, 0.6) is 0 Å². The summed E-state index contributed by atoms with van der Waals surface area (Å²) in [7, 11) is 0. The van der Waals surface area contributed by atoms with E-state index in [1.165, 1.54) is 27.3 Å². The van der Waals surface area contributed by atoms with E-state index in [1.807, 2.05) is 0 Å². The van der Waals surface area contributed by atoms with Gasteiger partial charge in [0.05, 0.1) is 0 Å². The van der Waals surface area contributed by atoms with E-state index in [-0.39, 0.29) is 0 Å². The van der Waals surface area contributed by atoms with E-state index < -0.39 is 0 Å². The van der Waals surface area contributed by atoms with Crippen LogP contribution in [0.3, 0.4) is 0 Å². The van der Waals surface area contributed by atoms with Gasteiger partial charge in [0.1, 0.15) is 11.2 Å². The Balaban J connectivity index is 1.34. The van der Waals surface area contributed by atoms with Gasteiger partial charge in [-0.25, -0.2) is 0 Å². The van der Waals surface area contributed by atoms with E-state index in [4.69, 9.17) is 4.42 Å². The number of fused-ring (bicyclic) bond motifs is 6. The number of anilines is 2. The zero-order valence-electron chi connectivity index (χ0n) is 18.5. The zero-order chi connectivity index (χ0) is 22.5. The van der Waals surface area contributed by atoms with Crippen LogP contribution in [0.2, 0.25) is 0 Å². The van der Waals surface area contributed by atoms with E-state index in [0.717, 1.165) is 38.7 Å². The number of rotatable bonds is 3. The Morgan fingerprint density at radius 1 is 0.500 bits per heavy atom. The molecule has 0 aliphatic heterocycles. The molecule has 7 rings (SSSR count). The summed E-state index contributed by atoms with van der Waals surface area (Å²) in [6.45, 7) is 0. The smallest absolute Gasteiger partial charge is 0.143 e. The van der Waals surface area contributed by atoms with Gasteiger partial charge in [-0.3, -0.25) is 0 Å². The van der Waals surface area contributed by atoms with Crippen LogP contribution >= 0.6 is 0 Å². The molecule has 0 amide bonds. The van der Waals surface area contributed by atoms with E-state index >= 15 is 0 Å². The highest BCUT2D eigenvalue weighted by molar-refractivity contribution is 6.15. The number of hydrogen-bond donors (Lipinski definition) is 1. The first-order chi connectivity index (χ1) is 16.8. The van der Waals surface area contributed by atoms with E-state index in [2.05, 4.69) is 127 Å². The molecule has 160 valence electrons. The molecule has 2 nitrogen and oxygen atoms in total. The molecule has 0 aliphatic rings. The van der Waals surface area contributed by atoms with Crippen molar-refractivity contribution in [3.05, 3.63) is 121 Å². The first-order valence-electron chi connectivity index (χ1n) is 11.5. The van der Waals surface area contributed by atoms with Crippen LogP contribution in [0.4, 0.5) is 11.4 Å². The lowest BCUT2D eigenvalue weighted by Gasteiger charge is -2.13. The van der Waals surface area contributed by atoms with Gasteiger partial charge in [-0.2, -0.15) is 0 Å². The normalized spacial score (nSPS) is 11.5. The predicted molar refractivity (Wildman–Crippen MR) is 144 cm³/mol.